The first-order chi connectivity index (χ1) is 20.3. The van der Waals surface area contributed by atoms with Gasteiger partial charge in [-0.3, -0.25) is 9.36 Å². The molecule has 0 bridgehead atoms. The summed E-state index contributed by atoms with van der Waals surface area (Å²) in [4.78, 5) is 29.3. The van der Waals surface area contributed by atoms with Crippen molar-refractivity contribution in [1.29, 1.82) is 0 Å². The molecule has 2 aromatic heterocycles. The molecule has 44 heavy (non-hydrogen) atoms. The van der Waals surface area contributed by atoms with Crippen LogP contribution in [0, 0.1) is 0 Å². The molecule has 1 unspecified atom stereocenters. The minimum atomic E-state index is -5.13. The number of aliphatic hydroxyl groups excluding tert-OH is 1. The third-order valence-electron chi connectivity index (χ3n) is 6.13. The number of aromatic nitrogens is 5. The fourth-order valence-electron chi connectivity index (χ4n) is 4.04. The maximum atomic E-state index is 13.3. The summed E-state index contributed by atoms with van der Waals surface area (Å²) in [6, 6.07) is 8.52. The number of ketones is 1. The standard InChI is InChI=1S/C25H17ClF9N5O4/c26-15-6-4-12(5-7-15)20-37-40(22(43)39(20)11-18(42)24(30,31)32)10-16(41)9-17(19-36-21(44-38-19)25(33,34)35)13-2-1-3-14(8-13)23(27,28)29/h1-8,17-18,42H,9-11H2/t17?,18-/m0/s1. The van der Waals surface area contributed by atoms with Crippen LogP contribution in [0.15, 0.2) is 57.8 Å². The van der Waals surface area contributed by atoms with Gasteiger partial charge in [-0.1, -0.05) is 35.0 Å². The summed E-state index contributed by atoms with van der Waals surface area (Å²) in [6.07, 6.45) is -19.0. The number of alkyl halides is 9. The van der Waals surface area contributed by atoms with Gasteiger partial charge in [-0.05, 0) is 35.9 Å². The Balaban J connectivity index is 1.71. The zero-order chi connectivity index (χ0) is 32.6. The number of halogens is 10. The van der Waals surface area contributed by atoms with E-state index in [4.69, 9.17) is 11.6 Å². The summed E-state index contributed by atoms with van der Waals surface area (Å²) in [5.41, 5.74) is -2.73. The lowest BCUT2D eigenvalue weighted by Crippen LogP contribution is -2.37. The highest BCUT2D eigenvalue weighted by Gasteiger charge is 2.41. The van der Waals surface area contributed by atoms with E-state index < -0.39 is 84.6 Å². The number of Topliss-reactive ketones (excluding diaryl/α,β-unsaturated/α-hetero) is 1. The van der Waals surface area contributed by atoms with Crippen LogP contribution in [0.2, 0.25) is 5.02 Å². The lowest BCUT2D eigenvalue weighted by Gasteiger charge is -2.15. The van der Waals surface area contributed by atoms with Crippen molar-refractivity contribution in [3.63, 3.8) is 0 Å². The van der Waals surface area contributed by atoms with Crippen LogP contribution in [0.25, 0.3) is 11.4 Å². The van der Waals surface area contributed by atoms with Crippen molar-refractivity contribution >= 4 is 17.4 Å². The van der Waals surface area contributed by atoms with Crippen LogP contribution in [0.4, 0.5) is 39.5 Å². The second-order valence-electron chi connectivity index (χ2n) is 9.31. The second-order valence-corrected chi connectivity index (χ2v) is 9.75. The smallest absolute Gasteiger partial charge is 0.382 e. The molecular formula is C25H17ClF9N5O4. The maximum absolute atomic E-state index is 13.3. The molecular weight excluding hydrogens is 641 g/mol. The lowest BCUT2D eigenvalue weighted by atomic mass is 9.91. The normalized spacial score (nSPS) is 14.1. The summed E-state index contributed by atoms with van der Waals surface area (Å²) in [5, 5.41) is 16.9. The molecule has 0 amide bonds. The average Bonchev–Trinajstić information content (AvgIpc) is 3.53. The summed E-state index contributed by atoms with van der Waals surface area (Å²) < 4.78 is 124. The van der Waals surface area contributed by atoms with Crippen LogP contribution < -0.4 is 5.69 Å². The molecule has 19 heteroatoms. The van der Waals surface area contributed by atoms with Gasteiger partial charge in [-0.25, -0.2) is 9.48 Å². The van der Waals surface area contributed by atoms with Gasteiger partial charge < -0.3 is 9.63 Å². The van der Waals surface area contributed by atoms with Gasteiger partial charge in [0.1, 0.15) is 6.54 Å². The van der Waals surface area contributed by atoms with Crippen LogP contribution in [0.3, 0.4) is 0 Å². The Morgan fingerprint density at radius 2 is 1.64 bits per heavy atom. The maximum Gasteiger partial charge on any atom is 0.471 e. The summed E-state index contributed by atoms with van der Waals surface area (Å²) >= 11 is 5.83. The highest BCUT2D eigenvalue weighted by Crippen LogP contribution is 2.35. The zero-order valence-electron chi connectivity index (χ0n) is 21.6. The Bertz CT molecular complexity index is 1690. The third-order valence-corrected chi connectivity index (χ3v) is 6.38. The number of carbonyl (C=O) groups is 1. The molecule has 2 atom stereocenters. The van der Waals surface area contributed by atoms with E-state index in [1.54, 1.807) is 0 Å². The highest BCUT2D eigenvalue weighted by atomic mass is 35.5. The Hall–Kier alpha value is -4.19. The second kappa shape index (κ2) is 12.1. The number of hydrogen-bond donors (Lipinski definition) is 1. The molecule has 0 aliphatic carbocycles. The predicted octanol–water partition coefficient (Wildman–Crippen LogP) is 5.50. The molecule has 0 aliphatic heterocycles. The van der Waals surface area contributed by atoms with Gasteiger partial charge in [0.2, 0.25) is 0 Å². The molecule has 0 fully saturated rings. The number of aliphatic hydroxyl groups is 1. The number of nitrogens with zero attached hydrogens (tertiary/aromatic N) is 5. The Morgan fingerprint density at radius 3 is 2.20 bits per heavy atom. The van der Waals surface area contributed by atoms with Crippen molar-refractivity contribution in [3.05, 3.63) is 86.9 Å². The van der Waals surface area contributed by atoms with Gasteiger partial charge in [0.05, 0.1) is 18.0 Å². The van der Waals surface area contributed by atoms with Crippen LogP contribution in [0.1, 0.15) is 35.2 Å². The molecule has 0 spiro atoms. The molecule has 0 saturated heterocycles. The van der Waals surface area contributed by atoms with Crippen LogP contribution in [-0.4, -0.2) is 47.7 Å². The van der Waals surface area contributed by atoms with Crippen LogP contribution in [0.5, 0.6) is 0 Å². The minimum absolute atomic E-state index is 0.0698. The molecule has 236 valence electrons. The van der Waals surface area contributed by atoms with E-state index in [-0.39, 0.29) is 16.1 Å². The number of hydrogen-bond acceptors (Lipinski definition) is 7. The zero-order valence-corrected chi connectivity index (χ0v) is 22.3. The van der Waals surface area contributed by atoms with E-state index in [0.717, 1.165) is 12.1 Å². The number of benzene rings is 2. The Labute approximate surface area is 244 Å². The molecule has 2 aromatic carbocycles. The van der Waals surface area contributed by atoms with E-state index in [1.165, 1.54) is 24.3 Å². The van der Waals surface area contributed by atoms with Gasteiger partial charge in [-0.2, -0.15) is 44.5 Å². The molecule has 4 aromatic rings. The van der Waals surface area contributed by atoms with E-state index in [1.807, 2.05) is 0 Å². The summed E-state index contributed by atoms with van der Waals surface area (Å²) in [6.45, 7) is -2.29. The number of carbonyl (C=O) groups excluding carboxylic acids is 1. The van der Waals surface area contributed by atoms with Gasteiger partial charge >= 0.3 is 30.1 Å². The molecule has 9 nitrogen and oxygen atoms in total. The monoisotopic (exact) mass is 657 g/mol. The SMILES string of the molecule is O=C(CC(c1cccc(C(F)(F)F)c1)c1noc(C(F)(F)F)n1)Cn1nc(-c2ccc(Cl)cc2)n(C[C@H](O)C(F)(F)F)c1=O. The van der Waals surface area contributed by atoms with E-state index in [2.05, 4.69) is 19.8 Å². The van der Waals surface area contributed by atoms with Crippen LogP contribution >= 0.6 is 11.6 Å². The van der Waals surface area contributed by atoms with Gasteiger partial charge in [0, 0.05) is 17.0 Å². The van der Waals surface area contributed by atoms with E-state index in [0.29, 0.717) is 21.4 Å². The third kappa shape index (κ3) is 7.47. The quantitative estimate of drug-likeness (QED) is 0.236. The van der Waals surface area contributed by atoms with Gasteiger partial charge in [0.15, 0.2) is 23.5 Å². The van der Waals surface area contributed by atoms with E-state index >= 15 is 0 Å². The van der Waals surface area contributed by atoms with Crippen molar-refractivity contribution in [1.82, 2.24) is 24.5 Å². The van der Waals surface area contributed by atoms with Crippen molar-refractivity contribution in [2.24, 2.45) is 0 Å². The fraction of sp³-hybridized carbons (Fsp3) is 0.320. The molecule has 2 heterocycles. The highest BCUT2D eigenvalue weighted by molar-refractivity contribution is 6.30. The van der Waals surface area contributed by atoms with Crippen molar-refractivity contribution in [2.45, 2.75) is 50.1 Å². The Kier molecular flexibility index (Phi) is 8.97. The van der Waals surface area contributed by atoms with Crippen molar-refractivity contribution in [3.8, 4) is 11.4 Å². The largest absolute Gasteiger partial charge is 0.471 e. The Morgan fingerprint density at radius 1 is 0.977 bits per heavy atom. The first kappa shape index (κ1) is 32.7. The van der Waals surface area contributed by atoms with Crippen molar-refractivity contribution < 1.29 is 53.9 Å². The lowest BCUT2D eigenvalue weighted by molar-refractivity contribution is -0.207. The first-order valence-electron chi connectivity index (χ1n) is 12.1. The molecule has 0 aliphatic rings. The average molecular weight is 658 g/mol. The molecule has 1 N–H and O–H groups in total. The topological polar surface area (TPSA) is 116 Å². The molecule has 0 radical (unpaired) electrons. The van der Waals surface area contributed by atoms with Gasteiger partial charge in [0.25, 0.3) is 0 Å². The van der Waals surface area contributed by atoms with Crippen molar-refractivity contribution in [2.75, 3.05) is 0 Å². The predicted molar refractivity (Wildman–Crippen MR) is 131 cm³/mol. The summed E-state index contributed by atoms with van der Waals surface area (Å²) in [5.74, 6) is -5.66. The summed E-state index contributed by atoms with van der Waals surface area (Å²) in [7, 11) is 0. The first-order valence-corrected chi connectivity index (χ1v) is 12.5. The minimum Gasteiger partial charge on any atom is -0.382 e. The molecule has 4 rings (SSSR count). The number of rotatable bonds is 9. The van der Waals surface area contributed by atoms with Gasteiger partial charge in [-0.15, -0.1) is 5.10 Å². The molecule has 0 saturated carbocycles. The van der Waals surface area contributed by atoms with E-state index in [9.17, 15) is 54.2 Å². The fourth-order valence-corrected chi connectivity index (χ4v) is 4.16. The van der Waals surface area contributed by atoms with Crippen LogP contribution in [-0.2, 0) is 30.2 Å².